The summed E-state index contributed by atoms with van der Waals surface area (Å²) in [6.07, 6.45) is 4.11. The van der Waals surface area contributed by atoms with E-state index in [4.69, 9.17) is 0 Å². The summed E-state index contributed by atoms with van der Waals surface area (Å²) < 4.78 is 17.0. The van der Waals surface area contributed by atoms with Gasteiger partial charge in [0.25, 0.3) is 0 Å². The van der Waals surface area contributed by atoms with Gasteiger partial charge in [0.05, 0.1) is 11.1 Å². The Balaban J connectivity index is 1.50. The van der Waals surface area contributed by atoms with Crippen molar-refractivity contribution in [2.45, 2.75) is 32.2 Å². The lowest BCUT2D eigenvalue weighted by Gasteiger charge is -2.13. The van der Waals surface area contributed by atoms with E-state index in [1.54, 1.807) is 17.9 Å². The van der Waals surface area contributed by atoms with Gasteiger partial charge < -0.3 is 10.6 Å². The van der Waals surface area contributed by atoms with Crippen LogP contribution in [-0.2, 0) is 4.79 Å². The van der Waals surface area contributed by atoms with E-state index >= 15 is 0 Å². The fourth-order valence-electron chi connectivity index (χ4n) is 4.25. The van der Waals surface area contributed by atoms with Gasteiger partial charge in [-0.1, -0.05) is 6.07 Å². The third-order valence-corrected chi connectivity index (χ3v) is 6.46. The van der Waals surface area contributed by atoms with Crippen LogP contribution in [0.15, 0.2) is 35.1 Å². The van der Waals surface area contributed by atoms with Crippen molar-refractivity contribution < 1.29 is 9.18 Å². The van der Waals surface area contributed by atoms with Gasteiger partial charge >= 0.3 is 0 Å². The second kappa shape index (κ2) is 8.09. The number of benzene rings is 1. The molecular formula is C22H21BrFN7O. The molecule has 4 aromatic rings. The van der Waals surface area contributed by atoms with Crippen molar-refractivity contribution in [3.63, 3.8) is 0 Å². The lowest BCUT2D eigenvalue weighted by atomic mass is 10.1. The molecule has 0 spiro atoms. The zero-order valence-corrected chi connectivity index (χ0v) is 19.1. The molecule has 0 unspecified atom stereocenters. The second-order valence-electron chi connectivity index (χ2n) is 8.05. The Morgan fingerprint density at radius 2 is 2.09 bits per heavy atom. The van der Waals surface area contributed by atoms with E-state index in [2.05, 4.69) is 46.6 Å². The van der Waals surface area contributed by atoms with Crippen LogP contribution in [-0.4, -0.2) is 43.7 Å². The highest BCUT2D eigenvalue weighted by Crippen LogP contribution is 2.30. The molecule has 2 atom stereocenters. The number of pyridine rings is 1. The summed E-state index contributed by atoms with van der Waals surface area (Å²) in [7, 11) is 1.66. The van der Waals surface area contributed by atoms with E-state index in [9.17, 15) is 9.18 Å². The van der Waals surface area contributed by atoms with Crippen molar-refractivity contribution >= 4 is 49.7 Å². The second-order valence-corrected chi connectivity index (χ2v) is 8.80. The number of rotatable bonds is 4. The smallest absolute Gasteiger partial charge is 0.224 e. The average molecular weight is 498 g/mol. The molecule has 1 aliphatic carbocycles. The maximum absolute atomic E-state index is 14.8. The van der Waals surface area contributed by atoms with Crippen LogP contribution >= 0.6 is 15.9 Å². The van der Waals surface area contributed by atoms with Crippen LogP contribution in [0.4, 0.5) is 10.3 Å². The Hall–Kier alpha value is -3.14. The Morgan fingerprint density at radius 3 is 2.91 bits per heavy atom. The lowest BCUT2D eigenvalue weighted by Crippen LogP contribution is -2.27. The summed E-state index contributed by atoms with van der Waals surface area (Å²) in [6.45, 7) is 1.83. The van der Waals surface area contributed by atoms with E-state index in [1.807, 2.05) is 25.1 Å². The number of carbonyl (C=O) groups excluding carboxylic acids is 1. The highest BCUT2D eigenvalue weighted by Gasteiger charge is 2.29. The van der Waals surface area contributed by atoms with Crippen LogP contribution in [0.1, 0.15) is 25.0 Å². The quantitative estimate of drug-likeness (QED) is 0.443. The number of halogens is 2. The van der Waals surface area contributed by atoms with Crippen molar-refractivity contribution in [3.05, 3.63) is 46.6 Å². The van der Waals surface area contributed by atoms with Gasteiger partial charge in [0.15, 0.2) is 11.5 Å². The molecule has 1 aromatic carbocycles. The zero-order valence-electron chi connectivity index (χ0n) is 17.6. The first-order valence-corrected chi connectivity index (χ1v) is 11.2. The predicted molar refractivity (Wildman–Crippen MR) is 123 cm³/mol. The molecular weight excluding hydrogens is 477 g/mol. The number of hydrogen-bond donors (Lipinski definition) is 2. The SMILES string of the molecule is CNC(=O)[C@@H]1CC[C@@H](Nc2ncc3c(Br)nn(-c4cc(F)c5nc(C)ccc5c4)c3n2)C1. The number of anilines is 1. The number of fused-ring (bicyclic) bond motifs is 2. The van der Waals surface area contributed by atoms with Gasteiger partial charge in [-0.15, -0.1) is 0 Å². The molecule has 1 saturated carbocycles. The van der Waals surface area contributed by atoms with Gasteiger partial charge in [0, 0.05) is 42.4 Å². The fourth-order valence-corrected chi connectivity index (χ4v) is 4.69. The molecule has 0 saturated heterocycles. The monoisotopic (exact) mass is 497 g/mol. The van der Waals surface area contributed by atoms with Crippen LogP contribution in [0.5, 0.6) is 0 Å². The van der Waals surface area contributed by atoms with Gasteiger partial charge in [-0.3, -0.25) is 9.78 Å². The third kappa shape index (κ3) is 3.68. The van der Waals surface area contributed by atoms with Crippen molar-refractivity contribution in [1.82, 2.24) is 30.0 Å². The number of amides is 1. The van der Waals surface area contributed by atoms with E-state index in [0.717, 1.165) is 25.0 Å². The molecule has 8 nitrogen and oxygen atoms in total. The minimum absolute atomic E-state index is 0.00118. The van der Waals surface area contributed by atoms with Crippen molar-refractivity contribution in [1.29, 1.82) is 0 Å². The molecule has 0 radical (unpaired) electrons. The van der Waals surface area contributed by atoms with E-state index in [-0.39, 0.29) is 17.9 Å². The highest BCUT2D eigenvalue weighted by atomic mass is 79.9. The summed E-state index contributed by atoms with van der Waals surface area (Å²) in [5, 5.41) is 12.0. The topological polar surface area (TPSA) is 97.6 Å². The van der Waals surface area contributed by atoms with Crippen molar-refractivity contribution in [2.24, 2.45) is 5.92 Å². The van der Waals surface area contributed by atoms with Crippen molar-refractivity contribution in [3.8, 4) is 5.69 Å². The predicted octanol–water partition coefficient (Wildman–Crippen LogP) is 3.90. The normalized spacial score (nSPS) is 18.4. The summed E-state index contributed by atoms with van der Waals surface area (Å²) in [5.74, 6) is 0.0984. The van der Waals surface area contributed by atoms with Crippen LogP contribution in [0.2, 0.25) is 0 Å². The maximum Gasteiger partial charge on any atom is 0.224 e. The summed E-state index contributed by atoms with van der Waals surface area (Å²) in [4.78, 5) is 25.3. The first-order chi connectivity index (χ1) is 15.4. The van der Waals surface area contributed by atoms with Gasteiger partial charge in [-0.2, -0.15) is 10.1 Å². The molecule has 10 heteroatoms. The first kappa shape index (κ1) is 20.7. The Bertz CT molecular complexity index is 1360. The standard InChI is InChI=1S/C22H21BrFN7O/c1-11-3-4-12-8-15(9-17(24)18(12)27-11)31-20-16(19(23)30-31)10-26-22(29-20)28-14-6-5-13(7-14)21(32)25-2/h3-4,8-10,13-14H,5-7H2,1-2H3,(H,25,32)(H,26,28,29)/t13-,14-/m1/s1. The molecule has 1 amide bonds. The number of carbonyl (C=O) groups is 1. The van der Waals surface area contributed by atoms with Crippen LogP contribution in [0.3, 0.4) is 0 Å². The van der Waals surface area contributed by atoms with E-state index < -0.39 is 5.82 Å². The van der Waals surface area contributed by atoms with Gasteiger partial charge in [-0.25, -0.2) is 14.1 Å². The van der Waals surface area contributed by atoms with Crippen LogP contribution in [0, 0.1) is 18.7 Å². The summed E-state index contributed by atoms with van der Waals surface area (Å²) in [6, 6.07) is 7.05. The lowest BCUT2D eigenvalue weighted by molar-refractivity contribution is -0.124. The average Bonchev–Trinajstić information content (AvgIpc) is 3.38. The number of aromatic nitrogens is 5. The largest absolute Gasteiger partial charge is 0.359 e. The summed E-state index contributed by atoms with van der Waals surface area (Å²) in [5.41, 5.74) is 2.18. The number of nitrogens with one attached hydrogen (secondary N) is 2. The van der Waals surface area contributed by atoms with Crippen LogP contribution < -0.4 is 10.6 Å². The van der Waals surface area contributed by atoms with Gasteiger partial charge in [0.2, 0.25) is 11.9 Å². The van der Waals surface area contributed by atoms with Gasteiger partial charge in [0.1, 0.15) is 10.1 Å². The molecule has 1 fully saturated rings. The van der Waals surface area contributed by atoms with E-state index in [1.165, 1.54) is 6.07 Å². The Labute approximate surface area is 191 Å². The summed E-state index contributed by atoms with van der Waals surface area (Å²) >= 11 is 3.45. The maximum atomic E-state index is 14.8. The fraction of sp³-hybridized carbons (Fsp3) is 0.318. The highest BCUT2D eigenvalue weighted by molar-refractivity contribution is 9.10. The molecule has 3 aromatic heterocycles. The van der Waals surface area contributed by atoms with Gasteiger partial charge in [-0.05, 0) is 54.2 Å². The molecule has 2 N–H and O–H groups in total. The first-order valence-electron chi connectivity index (χ1n) is 10.4. The minimum atomic E-state index is -0.417. The molecule has 0 aliphatic heterocycles. The number of aryl methyl sites for hydroxylation is 1. The van der Waals surface area contributed by atoms with Crippen LogP contribution in [0.25, 0.3) is 27.6 Å². The number of hydrogen-bond acceptors (Lipinski definition) is 6. The zero-order chi connectivity index (χ0) is 22.4. The van der Waals surface area contributed by atoms with Crippen molar-refractivity contribution in [2.75, 3.05) is 12.4 Å². The molecule has 32 heavy (non-hydrogen) atoms. The molecule has 0 bridgehead atoms. The molecule has 164 valence electrons. The Morgan fingerprint density at radius 1 is 1.25 bits per heavy atom. The Kier molecular flexibility index (Phi) is 5.24. The molecule has 3 heterocycles. The third-order valence-electron chi connectivity index (χ3n) is 5.88. The minimum Gasteiger partial charge on any atom is -0.359 e. The van der Waals surface area contributed by atoms with E-state index in [0.29, 0.717) is 38.2 Å². The number of nitrogens with zero attached hydrogens (tertiary/aromatic N) is 5. The molecule has 1 aliphatic rings. The molecule has 5 rings (SSSR count).